The van der Waals surface area contributed by atoms with Crippen molar-refractivity contribution < 1.29 is 28.2 Å². The van der Waals surface area contributed by atoms with Crippen LogP contribution >= 0.6 is 15.9 Å². The third kappa shape index (κ3) is 4.96. The second-order valence-electron chi connectivity index (χ2n) is 6.78. The van der Waals surface area contributed by atoms with E-state index in [-0.39, 0.29) is 17.0 Å². The van der Waals surface area contributed by atoms with Crippen LogP contribution in [0.3, 0.4) is 0 Å². The van der Waals surface area contributed by atoms with Gasteiger partial charge in [-0.15, -0.1) is 0 Å². The third-order valence-corrected chi connectivity index (χ3v) is 5.48. The number of benzene rings is 2. The summed E-state index contributed by atoms with van der Waals surface area (Å²) in [6.07, 6.45) is 3.26. The number of carbonyl (C=O) groups excluding carboxylic acids is 2. The molecule has 3 rings (SSSR count). The summed E-state index contributed by atoms with van der Waals surface area (Å²) in [7, 11) is 4.11. The van der Waals surface area contributed by atoms with Gasteiger partial charge in [0.2, 0.25) is 0 Å². The molecule has 2 aromatic rings. The molecule has 0 aromatic heterocycles. The Morgan fingerprint density at radius 1 is 0.968 bits per heavy atom. The predicted molar refractivity (Wildman–Crippen MR) is 116 cm³/mol. The van der Waals surface area contributed by atoms with Crippen molar-refractivity contribution in [2.45, 2.75) is 12.5 Å². The number of hydrogen-bond donors (Lipinski definition) is 0. The Balaban J connectivity index is 2.08. The van der Waals surface area contributed by atoms with Crippen molar-refractivity contribution in [1.82, 2.24) is 4.90 Å². The lowest BCUT2D eigenvalue weighted by molar-refractivity contribution is -0.137. The van der Waals surface area contributed by atoms with Gasteiger partial charge in [-0.1, -0.05) is 18.2 Å². The normalized spacial score (nSPS) is 13.9. The molecular formula is C23H21BrFNO5. The third-order valence-electron chi connectivity index (χ3n) is 4.86. The lowest BCUT2D eigenvalue weighted by Crippen LogP contribution is -2.28. The first kappa shape index (κ1) is 22.6. The number of rotatable bonds is 6. The minimum absolute atomic E-state index is 0.268. The lowest BCUT2D eigenvalue weighted by atomic mass is 9.83. The maximum Gasteiger partial charge on any atom is 0.336 e. The number of carbonyl (C=O) groups is 2. The Morgan fingerprint density at radius 2 is 1.55 bits per heavy atom. The predicted octanol–water partition coefficient (Wildman–Crippen LogP) is 4.31. The first-order valence-electron chi connectivity index (χ1n) is 9.31. The zero-order valence-corrected chi connectivity index (χ0v) is 18.8. The van der Waals surface area contributed by atoms with Crippen molar-refractivity contribution in [1.29, 1.82) is 0 Å². The Bertz CT molecular complexity index is 1010. The molecule has 0 saturated heterocycles. The van der Waals surface area contributed by atoms with Gasteiger partial charge < -0.3 is 19.1 Å². The SMILES string of the molecule is COC(=O)C1=CN(Cc2ccc(F)cc2)C=C(C(=O)OC)C1c1ccc(OC)c(Br)c1. The van der Waals surface area contributed by atoms with E-state index < -0.39 is 17.9 Å². The molecule has 1 heterocycles. The molecule has 0 N–H and O–H groups in total. The van der Waals surface area contributed by atoms with Crippen molar-refractivity contribution in [3.8, 4) is 5.75 Å². The van der Waals surface area contributed by atoms with E-state index in [2.05, 4.69) is 15.9 Å². The van der Waals surface area contributed by atoms with E-state index in [0.717, 1.165) is 5.56 Å². The van der Waals surface area contributed by atoms with Crippen LogP contribution in [0.2, 0.25) is 0 Å². The largest absolute Gasteiger partial charge is 0.496 e. The van der Waals surface area contributed by atoms with Crippen molar-refractivity contribution in [3.05, 3.63) is 87.4 Å². The van der Waals surface area contributed by atoms with Crippen molar-refractivity contribution >= 4 is 27.9 Å². The highest BCUT2D eigenvalue weighted by Crippen LogP contribution is 2.39. The Kier molecular flexibility index (Phi) is 7.12. The molecule has 162 valence electrons. The van der Waals surface area contributed by atoms with E-state index in [9.17, 15) is 14.0 Å². The quantitative estimate of drug-likeness (QED) is 0.563. The lowest BCUT2D eigenvalue weighted by Gasteiger charge is -2.30. The van der Waals surface area contributed by atoms with Crippen molar-refractivity contribution in [2.24, 2.45) is 0 Å². The molecule has 0 saturated carbocycles. The van der Waals surface area contributed by atoms with E-state index in [4.69, 9.17) is 14.2 Å². The molecule has 6 nitrogen and oxygen atoms in total. The molecule has 0 spiro atoms. The topological polar surface area (TPSA) is 65.1 Å². The van der Waals surface area contributed by atoms with E-state index in [1.807, 2.05) is 0 Å². The summed E-state index contributed by atoms with van der Waals surface area (Å²) >= 11 is 3.45. The number of hydrogen-bond acceptors (Lipinski definition) is 6. The van der Waals surface area contributed by atoms with Crippen LogP contribution in [0.25, 0.3) is 0 Å². The zero-order chi connectivity index (χ0) is 22.5. The molecule has 0 aliphatic carbocycles. The van der Waals surface area contributed by atoms with Crippen molar-refractivity contribution in [2.75, 3.05) is 21.3 Å². The van der Waals surface area contributed by atoms with Crippen LogP contribution in [-0.4, -0.2) is 38.2 Å². The fourth-order valence-electron chi connectivity index (χ4n) is 3.40. The monoisotopic (exact) mass is 489 g/mol. The van der Waals surface area contributed by atoms with E-state index in [1.165, 1.54) is 26.4 Å². The van der Waals surface area contributed by atoms with Gasteiger partial charge in [0.15, 0.2) is 0 Å². The summed E-state index contributed by atoms with van der Waals surface area (Å²) in [5.74, 6) is -1.58. The summed E-state index contributed by atoms with van der Waals surface area (Å²) in [4.78, 5) is 27.0. The molecule has 8 heteroatoms. The number of methoxy groups -OCH3 is 3. The van der Waals surface area contributed by atoms with Gasteiger partial charge in [-0.05, 0) is 51.3 Å². The average Bonchev–Trinajstić information content (AvgIpc) is 2.78. The number of esters is 2. The van der Waals surface area contributed by atoms with Crippen LogP contribution in [0.5, 0.6) is 5.75 Å². The van der Waals surface area contributed by atoms with E-state index in [0.29, 0.717) is 22.3 Å². The van der Waals surface area contributed by atoms with E-state index in [1.54, 1.807) is 54.7 Å². The highest BCUT2D eigenvalue weighted by atomic mass is 79.9. The highest BCUT2D eigenvalue weighted by molar-refractivity contribution is 9.10. The molecule has 0 fully saturated rings. The molecule has 31 heavy (non-hydrogen) atoms. The van der Waals surface area contributed by atoms with Crippen LogP contribution in [-0.2, 0) is 25.6 Å². The molecular weight excluding hydrogens is 469 g/mol. The van der Waals surface area contributed by atoms with Crippen LogP contribution in [0, 0.1) is 5.82 Å². The number of halogens is 2. The van der Waals surface area contributed by atoms with Crippen LogP contribution < -0.4 is 4.74 Å². The van der Waals surface area contributed by atoms with Crippen LogP contribution in [0.4, 0.5) is 4.39 Å². The standard InChI is InChI=1S/C23H21BrFNO5/c1-29-20-9-6-15(10-19(20)24)21-17(22(27)30-2)12-26(13-18(21)23(28)31-3)11-14-4-7-16(25)8-5-14/h4-10,12-13,21H,11H2,1-3H3. The smallest absolute Gasteiger partial charge is 0.336 e. The molecule has 0 atom stereocenters. The Morgan fingerprint density at radius 3 is 2.03 bits per heavy atom. The molecule has 0 unspecified atom stereocenters. The Labute approximate surface area is 188 Å². The molecule has 2 aromatic carbocycles. The summed E-state index contributed by atoms with van der Waals surface area (Å²) in [6, 6.07) is 11.3. The second kappa shape index (κ2) is 9.78. The summed E-state index contributed by atoms with van der Waals surface area (Å²) < 4.78 is 29.2. The molecule has 1 aliphatic rings. The fraction of sp³-hybridized carbons (Fsp3) is 0.217. The van der Waals surface area contributed by atoms with Crippen molar-refractivity contribution in [3.63, 3.8) is 0 Å². The molecule has 1 aliphatic heterocycles. The molecule has 0 radical (unpaired) electrons. The van der Waals surface area contributed by atoms with Gasteiger partial charge in [0.05, 0.1) is 42.9 Å². The van der Waals surface area contributed by atoms with Crippen LogP contribution in [0.15, 0.2) is 70.5 Å². The Hall–Kier alpha value is -3.13. The minimum atomic E-state index is -0.702. The van der Waals surface area contributed by atoms with E-state index >= 15 is 0 Å². The summed E-state index contributed by atoms with van der Waals surface area (Å²) in [5, 5.41) is 0. The maximum atomic E-state index is 13.2. The fourth-order valence-corrected chi connectivity index (χ4v) is 3.96. The molecule has 0 amide bonds. The van der Waals surface area contributed by atoms with Gasteiger partial charge >= 0.3 is 11.9 Å². The second-order valence-corrected chi connectivity index (χ2v) is 7.63. The summed E-state index contributed by atoms with van der Waals surface area (Å²) in [6.45, 7) is 0.320. The van der Waals surface area contributed by atoms with Gasteiger partial charge in [0.1, 0.15) is 11.6 Å². The van der Waals surface area contributed by atoms with Gasteiger partial charge in [0, 0.05) is 18.9 Å². The van der Waals surface area contributed by atoms with Gasteiger partial charge in [-0.2, -0.15) is 0 Å². The molecule has 0 bridgehead atoms. The number of nitrogens with zero attached hydrogens (tertiary/aromatic N) is 1. The summed E-state index contributed by atoms with van der Waals surface area (Å²) in [5.41, 5.74) is 2.02. The van der Waals surface area contributed by atoms with Gasteiger partial charge in [0.25, 0.3) is 0 Å². The van der Waals surface area contributed by atoms with Crippen LogP contribution in [0.1, 0.15) is 17.0 Å². The first-order valence-corrected chi connectivity index (χ1v) is 10.1. The van der Waals surface area contributed by atoms with Gasteiger partial charge in [-0.3, -0.25) is 0 Å². The number of ether oxygens (including phenoxy) is 3. The highest BCUT2D eigenvalue weighted by Gasteiger charge is 2.35. The van der Waals surface area contributed by atoms with Gasteiger partial charge in [-0.25, -0.2) is 14.0 Å². The zero-order valence-electron chi connectivity index (χ0n) is 17.2. The first-order chi connectivity index (χ1) is 14.9. The average molecular weight is 490 g/mol. The minimum Gasteiger partial charge on any atom is -0.496 e. The maximum absolute atomic E-state index is 13.2.